The number of allylic oxidation sites excluding steroid dienone is 2. The summed E-state index contributed by atoms with van der Waals surface area (Å²) in [6.07, 6.45) is 9.19. The van der Waals surface area contributed by atoms with Crippen LogP contribution in [0.3, 0.4) is 0 Å². The van der Waals surface area contributed by atoms with Crippen molar-refractivity contribution in [3.8, 4) is 0 Å². The van der Waals surface area contributed by atoms with Crippen LogP contribution < -0.4 is 10.6 Å². The molecule has 0 amide bonds. The van der Waals surface area contributed by atoms with Gasteiger partial charge in [0, 0.05) is 19.6 Å². The lowest BCUT2D eigenvalue weighted by molar-refractivity contribution is 0.681. The zero-order valence-corrected chi connectivity index (χ0v) is 7.77. The van der Waals surface area contributed by atoms with Crippen LogP contribution in [-0.4, -0.2) is 26.7 Å². The first kappa shape index (κ1) is 9.49. The second kappa shape index (κ2) is 5.98. The molecule has 12 heavy (non-hydrogen) atoms. The highest BCUT2D eigenvalue weighted by Gasteiger charge is 1.95. The minimum atomic E-state index is 1.01. The SMILES string of the molecule is CNCCNCC1=CCCC=C1. The first-order valence-electron chi connectivity index (χ1n) is 4.64. The summed E-state index contributed by atoms with van der Waals surface area (Å²) in [7, 11) is 1.97. The molecule has 0 aromatic heterocycles. The van der Waals surface area contributed by atoms with E-state index in [0.29, 0.717) is 0 Å². The second-order valence-corrected chi connectivity index (χ2v) is 3.04. The molecular weight excluding hydrogens is 148 g/mol. The van der Waals surface area contributed by atoms with Crippen LogP contribution in [0.25, 0.3) is 0 Å². The van der Waals surface area contributed by atoms with Gasteiger partial charge < -0.3 is 10.6 Å². The third-order valence-corrected chi connectivity index (χ3v) is 1.95. The minimum absolute atomic E-state index is 1.01. The van der Waals surface area contributed by atoms with E-state index in [1.165, 1.54) is 18.4 Å². The average molecular weight is 166 g/mol. The molecule has 1 rings (SSSR count). The zero-order valence-electron chi connectivity index (χ0n) is 7.77. The van der Waals surface area contributed by atoms with E-state index in [9.17, 15) is 0 Å². The van der Waals surface area contributed by atoms with Gasteiger partial charge in [0.05, 0.1) is 0 Å². The topological polar surface area (TPSA) is 24.1 Å². The molecule has 0 aromatic rings. The van der Waals surface area contributed by atoms with Gasteiger partial charge in [0.1, 0.15) is 0 Å². The molecule has 0 atom stereocenters. The maximum atomic E-state index is 3.37. The normalized spacial score (nSPS) is 16.2. The monoisotopic (exact) mass is 166 g/mol. The molecule has 68 valence electrons. The Morgan fingerprint density at radius 2 is 2.25 bits per heavy atom. The Hall–Kier alpha value is -0.600. The van der Waals surface area contributed by atoms with Crippen molar-refractivity contribution in [1.29, 1.82) is 0 Å². The molecule has 0 fully saturated rings. The first-order chi connectivity index (χ1) is 5.93. The molecule has 0 saturated carbocycles. The molecular formula is C10H18N2. The van der Waals surface area contributed by atoms with Gasteiger partial charge in [-0.1, -0.05) is 18.2 Å². The number of nitrogens with one attached hydrogen (secondary N) is 2. The van der Waals surface area contributed by atoms with Gasteiger partial charge in [-0.2, -0.15) is 0 Å². The van der Waals surface area contributed by atoms with Crippen LogP contribution >= 0.6 is 0 Å². The van der Waals surface area contributed by atoms with Crippen molar-refractivity contribution in [2.75, 3.05) is 26.7 Å². The molecule has 0 unspecified atom stereocenters. The summed E-state index contributed by atoms with van der Waals surface area (Å²) in [6.45, 7) is 3.09. The molecule has 2 N–H and O–H groups in total. The molecule has 0 spiro atoms. The maximum absolute atomic E-state index is 3.37. The van der Waals surface area contributed by atoms with E-state index in [1.54, 1.807) is 0 Å². The highest BCUT2D eigenvalue weighted by atomic mass is 14.9. The smallest absolute Gasteiger partial charge is 0.0202 e. The molecule has 0 saturated heterocycles. The van der Waals surface area contributed by atoms with E-state index in [2.05, 4.69) is 28.9 Å². The van der Waals surface area contributed by atoms with Gasteiger partial charge in [0.2, 0.25) is 0 Å². The van der Waals surface area contributed by atoms with Gasteiger partial charge in [-0.15, -0.1) is 0 Å². The van der Waals surface area contributed by atoms with Gasteiger partial charge in [-0.25, -0.2) is 0 Å². The van der Waals surface area contributed by atoms with Crippen molar-refractivity contribution >= 4 is 0 Å². The van der Waals surface area contributed by atoms with Crippen LogP contribution in [0.4, 0.5) is 0 Å². The van der Waals surface area contributed by atoms with E-state index in [0.717, 1.165) is 19.6 Å². The lowest BCUT2D eigenvalue weighted by atomic mass is 10.1. The summed E-state index contributed by atoms with van der Waals surface area (Å²) in [5.41, 5.74) is 1.43. The van der Waals surface area contributed by atoms with Crippen molar-refractivity contribution in [1.82, 2.24) is 10.6 Å². The van der Waals surface area contributed by atoms with E-state index in [-0.39, 0.29) is 0 Å². The third kappa shape index (κ3) is 3.69. The van der Waals surface area contributed by atoms with Gasteiger partial charge >= 0.3 is 0 Å². The Kier molecular flexibility index (Phi) is 4.73. The Morgan fingerprint density at radius 1 is 1.33 bits per heavy atom. The Bertz CT molecular complexity index is 171. The fourth-order valence-electron chi connectivity index (χ4n) is 1.24. The van der Waals surface area contributed by atoms with Crippen LogP contribution in [0, 0.1) is 0 Å². The summed E-state index contributed by atoms with van der Waals surface area (Å²) in [5.74, 6) is 0. The molecule has 1 aliphatic carbocycles. The summed E-state index contributed by atoms with van der Waals surface area (Å²) in [6, 6.07) is 0. The standard InChI is InChI=1S/C10H18N2/c1-11-7-8-12-9-10-5-3-2-4-6-10/h3,5-6,11-12H,2,4,7-9H2,1H3. The minimum Gasteiger partial charge on any atom is -0.318 e. The van der Waals surface area contributed by atoms with E-state index in [1.807, 2.05) is 7.05 Å². The van der Waals surface area contributed by atoms with Crippen molar-refractivity contribution in [2.24, 2.45) is 0 Å². The molecule has 0 radical (unpaired) electrons. The summed E-state index contributed by atoms with van der Waals surface area (Å²) in [4.78, 5) is 0. The van der Waals surface area contributed by atoms with Crippen LogP contribution in [0.5, 0.6) is 0 Å². The Balaban J connectivity index is 2.06. The van der Waals surface area contributed by atoms with Crippen LogP contribution in [0.15, 0.2) is 23.8 Å². The fourth-order valence-corrected chi connectivity index (χ4v) is 1.24. The number of rotatable bonds is 5. The summed E-state index contributed by atoms with van der Waals surface area (Å²) >= 11 is 0. The predicted molar refractivity (Wildman–Crippen MR) is 53.3 cm³/mol. The molecule has 0 aliphatic heterocycles. The molecule has 0 bridgehead atoms. The average Bonchev–Trinajstić information content (AvgIpc) is 2.14. The van der Waals surface area contributed by atoms with Crippen molar-refractivity contribution < 1.29 is 0 Å². The molecule has 0 aromatic carbocycles. The quantitative estimate of drug-likeness (QED) is 0.597. The van der Waals surface area contributed by atoms with E-state index >= 15 is 0 Å². The molecule has 2 nitrogen and oxygen atoms in total. The lowest BCUT2D eigenvalue weighted by Gasteiger charge is -2.07. The highest BCUT2D eigenvalue weighted by molar-refractivity contribution is 5.23. The summed E-state index contributed by atoms with van der Waals surface area (Å²) in [5, 5.41) is 6.48. The number of hydrogen-bond donors (Lipinski definition) is 2. The highest BCUT2D eigenvalue weighted by Crippen LogP contribution is 2.07. The summed E-state index contributed by atoms with van der Waals surface area (Å²) < 4.78 is 0. The molecule has 1 aliphatic rings. The van der Waals surface area contributed by atoms with Crippen molar-refractivity contribution in [2.45, 2.75) is 12.8 Å². The maximum Gasteiger partial charge on any atom is 0.0202 e. The lowest BCUT2D eigenvalue weighted by Crippen LogP contribution is -2.26. The predicted octanol–water partition coefficient (Wildman–Crippen LogP) is 1.07. The van der Waals surface area contributed by atoms with Crippen LogP contribution in [0.2, 0.25) is 0 Å². The first-order valence-corrected chi connectivity index (χ1v) is 4.64. The van der Waals surface area contributed by atoms with Gasteiger partial charge in [0.25, 0.3) is 0 Å². The molecule has 2 heteroatoms. The number of likely N-dealkylation sites (N-methyl/N-ethyl adjacent to an activating group) is 1. The fraction of sp³-hybridized carbons (Fsp3) is 0.600. The van der Waals surface area contributed by atoms with Gasteiger partial charge in [-0.3, -0.25) is 0 Å². The second-order valence-electron chi connectivity index (χ2n) is 3.04. The van der Waals surface area contributed by atoms with E-state index < -0.39 is 0 Å². The zero-order chi connectivity index (χ0) is 8.65. The third-order valence-electron chi connectivity index (χ3n) is 1.95. The Morgan fingerprint density at radius 3 is 2.92 bits per heavy atom. The Labute approximate surface area is 74.7 Å². The molecule has 0 heterocycles. The van der Waals surface area contributed by atoms with Crippen LogP contribution in [0.1, 0.15) is 12.8 Å². The van der Waals surface area contributed by atoms with Crippen LogP contribution in [-0.2, 0) is 0 Å². The van der Waals surface area contributed by atoms with Crippen molar-refractivity contribution in [3.63, 3.8) is 0 Å². The van der Waals surface area contributed by atoms with Gasteiger partial charge in [0.15, 0.2) is 0 Å². The largest absolute Gasteiger partial charge is 0.318 e. The van der Waals surface area contributed by atoms with Crippen molar-refractivity contribution in [3.05, 3.63) is 23.8 Å². The van der Waals surface area contributed by atoms with E-state index in [4.69, 9.17) is 0 Å². The van der Waals surface area contributed by atoms with Gasteiger partial charge in [-0.05, 0) is 25.5 Å². The number of hydrogen-bond acceptors (Lipinski definition) is 2.